The van der Waals surface area contributed by atoms with Gasteiger partial charge in [0.25, 0.3) is 0 Å². The van der Waals surface area contributed by atoms with Crippen LogP contribution in [0.25, 0.3) is 33.1 Å². The van der Waals surface area contributed by atoms with E-state index in [1.54, 1.807) is 0 Å². The number of benzene rings is 3. The third-order valence-corrected chi connectivity index (χ3v) is 11.4. The molecular formula is C44H39N3. The fourth-order valence-corrected chi connectivity index (χ4v) is 9.19. The van der Waals surface area contributed by atoms with Crippen molar-refractivity contribution in [1.29, 1.82) is 5.26 Å². The van der Waals surface area contributed by atoms with E-state index in [4.69, 9.17) is 0 Å². The van der Waals surface area contributed by atoms with Crippen LogP contribution in [0.2, 0.25) is 0 Å². The maximum Gasteiger partial charge on any atom is 0.0943 e. The van der Waals surface area contributed by atoms with Gasteiger partial charge in [-0.15, -0.1) is 0 Å². The molecule has 3 nitrogen and oxygen atoms in total. The van der Waals surface area contributed by atoms with E-state index in [9.17, 15) is 5.26 Å². The predicted molar refractivity (Wildman–Crippen MR) is 195 cm³/mol. The molecule has 1 fully saturated rings. The van der Waals surface area contributed by atoms with Crippen LogP contribution in [0.5, 0.6) is 0 Å². The van der Waals surface area contributed by atoms with Crippen molar-refractivity contribution in [1.82, 2.24) is 4.57 Å². The molecule has 1 aromatic heterocycles. The lowest BCUT2D eigenvalue weighted by Gasteiger charge is -2.32. The van der Waals surface area contributed by atoms with Gasteiger partial charge < -0.3 is 9.47 Å². The number of nitrogens with zero attached hydrogens (tertiary/aromatic N) is 3. The van der Waals surface area contributed by atoms with Gasteiger partial charge in [-0.1, -0.05) is 116 Å². The van der Waals surface area contributed by atoms with Crippen molar-refractivity contribution in [3.63, 3.8) is 0 Å². The highest BCUT2D eigenvalue weighted by atomic mass is 15.2. The highest BCUT2D eigenvalue weighted by molar-refractivity contribution is 6.14. The average molecular weight is 610 g/mol. The Hall–Kier alpha value is -5.07. The molecule has 0 saturated carbocycles. The lowest BCUT2D eigenvalue weighted by atomic mass is 9.75. The maximum atomic E-state index is 9.35. The second kappa shape index (κ2) is 11.3. The van der Waals surface area contributed by atoms with E-state index in [0.29, 0.717) is 35.6 Å². The van der Waals surface area contributed by atoms with E-state index in [0.717, 1.165) is 31.3 Å². The van der Waals surface area contributed by atoms with Gasteiger partial charge in [0.1, 0.15) is 0 Å². The molecule has 0 radical (unpaired) electrons. The summed E-state index contributed by atoms with van der Waals surface area (Å²) in [7, 11) is 0. The smallest absolute Gasteiger partial charge is 0.0943 e. The van der Waals surface area contributed by atoms with Crippen LogP contribution in [0.15, 0.2) is 145 Å². The van der Waals surface area contributed by atoms with E-state index in [1.165, 1.54) is 50.0 Å². The molecule has 0 N–H and O–H groups in total. The predicted octanol–water partition coefficient (Wildman–Crippen LogP) is 10.6. The normalized spacial score (nSPS) is 28.0. The topological polar surface area (TPSA) is 32.0 Å². The number of nitriles is 1. The molecule has 47 heavy (non-hydrogen) atoms. The Morgan fingerprint density at radius 2 is 1.62 bits per heavy atom. The molecule has 0 amide bonds. The Bertz CT molecular complexity index is 2160. The van der Waals surface area contributed by atoms with Gasteiger partial charge in [-0.25, -0.2) is 0 Å². The van der Waals surface area contributed by atoms with Crippen LogP contribution in [-0.2, 0) is 0 Å². The van der Waals surface area contributed by atoms with Gasteiger partial charge in [0.2, 0.25) is 0 Å². The number of hydrogen-bond acceptors (Lipinski definition) is 2. The highest BCUT2D eigenvalue weighted by Gasteiger charge is 2.48. The molecule has 0 spiro atoms. The minimum atomic E-state index is 0.296. The molecule has 6 atom stereocenters. The Kier molecular flexibility index (Phi) is 6.79. The quantitative estimate of drug-likeness (QED) is 0.231. The molecular weight excluding hydrogens is 571 g/mol. The van der Waals surface area contributed by atoms with Crippen LogP contribution in [0.4, 0.5) is 5.69 Å². The first-order valence-corrected chi connectivity index (χ1v) is 17.3. The minimum absolute atomic E-state index is 0.296. The first-order valence-electron chi connectivity index (χ1n) is 17.3. The van der Waals surface area contributed by atoms with Crippen molar-refractivity contribution in [3.05, 3.63) is 150 Å². The van der Waals surface area contributed by atoms with Crippen LogP contribution in [0.3, 0.4) is 0 Å². The van der Waals surface area contributed by atoms with Crippen molar-refractivity contribution in [2.75, 3.05) is 4.90 Å². The van der Waals surface area contributed by atoms with Crippen LogP contribution in [-0.4, -0.2) is 10.6 Å². The zero-order chi connectivity index (χ0) is 31.5. The van der Waals surface area contributed by atoms with Crippen molar-refractivity contribution in [3.8, 4) is 6.07 Å². The van der Waals surface area contributed by atoms with E-state index in [2.05, 4.69) is 156 Å². The van der Waals surface area contributed by atoms with Gasteiger partial charge in [-0.05, 0) is 67.7 Å². The Labute approximate surface area is 277 Å². The van der Waals surface area contributed by atoms with Crippen molar-refractivity contribution >= 4 is 38.8 Å². The SMILES string of the molecule is C[C@@H]1C=CC(c2cccc3c4ccccc4n(C4=CCC(C5CC=C(C#N)CC5)C=C4)c23)=C2C1C1C=CC=CC1N2c1ccccc1. The molecule has 2 heterocycles. The third kappa shape index (κ3) is 4.46. The van der Waals surface area contributed by atoms with Gasteiger partial charge in [-0.3, -0.25) is 0 Å². The monoisotopic (exact) mass is 609 g/mol. The first-order chi connectivity index (χ1) is 23.2. The maximum absolute atomic E-state index is 9.35. The molecule has 230 valence electrons. The van der Waals surface area contributed by atoms with E-state index in [1.807, 2.05) is 0 Å². The Morgan fingerprint density at radius 3 is 2.43 bits per heavy atom. The number of allylic oxidation sites excluding steroid dienone is 12. The fraction of sp³-hybridized carbons (Fsp3) is 0.250. The summed E-state index contributed by atoms with van der Waals surface area (Å²) in [6.45, 7) is 2.39. The molecule has 4 aliphatic carbocycles. The lowest BCUT2D eigenvalue weighted by molar-refractivity contribution is 0.362. The van der Waals surface area contributed by atoms with Gasteiger partial charge in [0.15, 0.2) is 0 Å². The van der Waals surface area contributed by atoms with Gasteiger partial charge in [0, 0.05) is 56.4 Å². The summed E-state index contributed by atoms with van der Waals surface area (Å²) in [4.78, 5) is 2.64. The van der Waals surface area contributed by atoms with Gasteiger partial charge in [0.05, 0.1) is 23.1 Å². The highest BCUT2D eigenvalue weighted by Crippen LogP contribution is 2.53. The zero-order valence-electron chi connectivity index (χ0n) is 26.8. The summed E-state index contributed by atoms with van der Waals surface area (Å²) in [5, 5.41) is 11.9. The number of hydrogen-bond donors (Lipinski definition) is 0. The fourth-order valence-electron chi connectivity index (χ4n) is 9.19. The third-order valence-electron chi connectivity index (χ3n) is 11.4. The number of para-hydroxylation sites is 3. The molecule has 1 aliphatic heterocycles. The molecule has 4 aromatic rings. The molecule has 1 saturated heterocycles. The van der Waals surface area contributed by atoms with Gasteiger partial charge >= 0.3 is 0 Å². The molecule has 3 heteroatoms. The van der Waals surface area contributed by atoms with E-state index < -0.39 is 0 Å². The zero-order valence-corrected chi connectivity index (χ0v) is 26.8. The van der Waals surface area contributed by atoms with Crippen LogP contribution in [0.1, 0.15) is 38.2 Å². The summed E-state index contributed by atoms with van der Waals surface area (Å²) in [6, 6.07) is 29.5. The van der Waals surface area contributed by atoms with Crippen LogP contribution < -0.4 is 4.90 Å². The lowest BCUT2D eigenvalue weighted by Crippen LogP contribution is -2.30. The summed E-state index contributed by atoms with van der Waals surface area (Å²) >= 11 is 0. The number of fused-ring (bicyclic) bond motifs is 6. The second-order valence-corrected chi connectivity index (χ2v) is 13.9. The summed E-state index contributed by atoms with van der Waals surface area (Å²) in [6.07, 6.45) is 27.7. The summed E-state index contributed by atoms with van der Waals surface area (Å²) in [5.74, 6) is 2.38. The van der Waals surface area contributed by atoms with Crippen molar-refractivity contribution < 1.29 is 0 Å². The Morgan fingerprint density at radius 1 is 0.787 bits per heavy atom. The molecule has 5 unspecified atom stereocenters. The second-order valence-electron chi connectivity index (χ2n) is 13.9. The first kappa shape index (κ1) is 28.2. The van der Waals surface area contributed by atoms with Crippen LogP contribution in [0, 0.1) is 40.9 Å². The number of rotatable bonds is 4. The largest absolute Gasteiger partial charge is 0.337 e. The standard InChI is InChI=1S/C44H39N3/c1-29-18-27-38(44-42(29)39-13-6-8-17-41(39)47(44)33-10-3-2-4-11-33)37-15-9-14-36-35-12-5-7-16-40(35)46(43(36)37)34-25-23-32(24-26-34)31-21-19-30(28-45)20-22-31/h2-19,23,25-27,29,31-32,39,41-42H,20-22,24H2,1H3/t29-,31?,32?,39?,41?,42?/m1/s1. The summed E-state index contributed by atoms with van der Waals surface area (Å²) < 4.78 is 2.53. The molecule has 0 bridgehead atoms. The van der Waals surface area contributed by atoms with E-state index >= 15 is 0 Å². The number of anilines is 1. The van der Waals surface area contributed by atoms with Crippen LogP contribution >= 0.6 is 0 Å². The Balaban J connectivity index is 1.23. The minimum Gasteiger partial charge on any atom is -0.337 e. The van der Waals surface area contributed by atoms with E-state index in [-0.39, 0.29) is 0 Å². The average Bonchev–Trinajstić information content (AvgIpc) is 3.67. The summed E-state index contributed by atoms with van der Waals surface area (Å²) in [5.41, 5.74) is 10.1. The van der Waals surface area contributed by atoms with Gasteiger partial charge in [-0.2, -0.15) is 5.26 Å². The van der Waals surface area contributed by atoms with Crippen molar-refractivity contribution in [2.45, 2.75) is 38.6 Å². The number of aromatic nitrogens is 1. The molecule has 9 rings (SSSR count). The van der Waals surface area contributed by atoms with Crippen molar-refractivity contribution in [2.24, 2.45) is 29.6 Å². The molecule has 5 aliphatic rings. The molecule has 3 aromatic carbocycles.